The maximum Gasteiger partial charge on any atom is 0.0810 e. The van der Waals surface area contributed by atoms with Gasteiger partial charge >= 0.3 is 0 Å². The van der Waals surface area contributed by atoms with Crippen molar-refractivity contribution in [2.75, 3.05) is 6.61 Å². The van der Waals surface area contributed by atoms with Gasteiger partial charge in [0.1, 0.15) is 0 Å². The molecule has 0 bridgehead atoms. The number of benzene rings is 2. The highest BCUT2D eigenvalue weighted by atomic mass is 16.5. The van der Waals surface area contributed by atoms with E-state index in [1.165, 1.54) is 172 Å². The molecule has 0 N–H and O–H groups in total. The first kappa shape index (κ1) is 44.3. The lowest BCUT2D eigenvalue weighted by Crippen LogP contribution is -2.26. The van der Waals surface area contributed by atoms with Gasteiger partial charge in [0, 0.05) is 5.92 Å². The molecule has 2 heteroatoms. The van der Waals surface area contributed by atoms with Crippen LogP contribution in [0.1, 0.15) is 198 Å². The summed E-state index contributed by atoms with van der Waals surface area (Å²) in [4.78, 5) is 0. The molecule has 0 spiro atoms. The Hall–Kier alpha value is -1.90. The van der Waals surface area contributed by atoms with Crippen LogP contribution in [0.15, 0.2) is 72.8 Å². The molecule has 0 aliphatic rings. The molecule has 0 heterocycles. The first-order valence-corrected chi connectivity index (χ1v) is 21.8. The Kier molecular flexibility index (Phi) is 30.3. The second kappa shape index (κ2) is 34.2. The third-order valence-electron chi connectivity index (χ3n) is 10.4. The van der Waals surface area contributed by atoms with Crippen LogP contribution in [0.5, 0.6) is 0 Å². The van der Waals surface area contributed by atoms with Gasteiger partial charge in [0.15, 0.2) is 0 Å². The molecule has 0 amide bonds. The van der Waals surface area contributed by atoms with E-state index >= 15 is 0 Å². The molecule has 0 aliphatic heterocycles. The quantitative estimate of drug-likeness (QED) is 0.0524. The SMILES string of the molecule is CCCCCCCCCCC/C=C/[C@H](OCc1ccccc1)[C@H](CCCCCCCCCCCCCCCCCC)COCc1ccccc1. The van der Waals surface area contributed by atoms with Crippen molar-refractivity contribution in [2.45, 2.75) is 207 Å². The van der Waals surface area contributed by atoms with Crippen molar-refractivity contribution in [3.05, 3.63) is 83.9 Å². The lowest BCUT2D eigenvalue weighted by Gasteiger charge is -2.26. The third kappa shape index (κ3) is 26.0. The van der Waals surface area contributed by atoms with Crippen LogP contribution in [0, 0.1) is 5.92 Å². The van der Waals surface area contributed by atoms with Crippen molar-refractivity contribution in [2.24, 2.45) is 5.92 Å². The molecule has 50 heavy (non-hydrogen) atoms. The molecule has 284 valence electrons. The fourth-order valence-corrected chi connectivity index (χ4v) is 7.12. The summed E-state index contributed by atoms with van der Waals surface area (Å²) in [5.74, 6) is 0.369. The Balaban J connectivity index is 1.77. The maximum absolute atomic E-state index is 6.70. The molecule has 2 atom stereocenters. The highest BCUT2D eigenvalue weighted by Crippen LogP contribution is 2.23. The van der Waals surface area contributed by atoms with E-state index in [1.807, 2.05) is 0 Å². The normalized spacial score (nSPS) is 12.9. The van der Waals surface area contributed by atoms with Gasteiger partial charge in [-0.1, -0.05) is 241 Å². The third-order valence-corrected chi connectivity index (χ3v) is 10.4. The predicted octanol–water partition coefficient (Wildman–Crippen LogP) is 15.5. The minimum atomic E-state index is 0.0842. The molecule has 2 rings (SSSR count). The standard InChI is InChI=1S/C48H80O2/c1-3-5-7-9-11-13-15-16-17-18-19-21-22-24-26-34-40-47(44-49-42-45-36-30-28-31-37-45)48(50-43-46-38-32-29-33-39-46)41-35-27-25-23-20-14-12-10-8-6-4-2/h28-33,35-39,41,47-48H,3-27,34,40,42-44H2,1-2H3/b41-35+/t47-,48+/m1/s1. The second-order valence-corrected chi connectivity index (χ2v) is 15.2. The molecule has 0 radical (unpaired) electrons. The van der Waals surface area contributed by atoms with Gasteiger partial charge in [-0.15, -0.1) is 0 Å². The smallest absolute Gasteiger partial charge is 0.0810 e. The van der Waals surface area contributed by atoms with Gasteiger partial charge in [-0.25, -0.2) is 0 Å². The van der Waals surface area contributed by atoms with E-state index in [1.54, 1.807) is 0 Å². The average Bonchev–Trinajstić information content (AvgIpc) is 3.15. The van der Waals surface area contributed by atoms with Crippen molar-refractivity contribution in [3.63, 3.8) is 0 Å². The number of hydrogen-bond acceptors (Lipinski definition) is 2. The molecule has 0 saturated heterocycles. The van der Waals surface area contributed by atoms with E-state index in [0.717, 1.165) is 19.4 Å². The lowest BCUT2D eigenvalue weighted by atomic mass is 9.94. The molecular weight excluding hydrogens is 609 g/mol. The van der Waals surface area contributed by atoms with Crippen LogP contribution in [-0.4, -0.2) is 12.7 Å². The number of rotatable bonds is 36. The number of hydrogen-bond donors (Lipinski definition) is 0. The maximum atomic E-state index is 6.70. The molecule has 2 aromatic rings. The van der Waals surface area contributed by atoms with Crippen molar-refractivity contribution in [1.82, 2.24) is 0 Å². The molecule has 0 saturated carbocycles. The van der Waals surface area contributed by atoms with E-state index in [9.17, 15) is 0 Å². The zero-order chi connectivity index (χ0) is 35.4. The fraction of sp³-hybridized carbons (Fsp3) is 0.708. The Labute approximate surface area is 311 Å². The first-order valence-electron chi connectivity index (χ1n) is 21.8. The van der Waals surface area contributed by atoms with Gasteiger partial charge in [-0.05, 0) is 30.4 Å². The van der Waals surface area contributed by atoms with E-state index in [-0.39, 0.29) is 6.10 Å². The molecule has 0 aromatic heterocycles. The minimum Gasteiger partial charge on any atom is -0.376 e. The Morgan fingerprint density at radius 2 is 0.860 bits per heavy atom. The van der Waals surface area contributed by atoms with E-state index in [2.05, 4.69) is 86.7 Å². The van der Waals surface area contributed by atoms with Crippen LogP contribution in [0.3, 0.4) is 0 Å². The number of ether oxygens (including phenoxy) is 2. The Morgan fingerprint density at radius 1 is 0.460 bits per heavy atom. The second-order valence-electron chi connectivity index (χ2n) is 15.2. The van der Waals surface area contributed by atoms with Crippen LogP contribution in [0.25, 0.3) is 0 Å². The van der Waals surface area contributed by atoms with Crippen molar-refractivity contribution in [3.8, 4) is 0 Å². The van der Waals surface area contributed by atoms with Gasteiger partial charge in [-0.2, -0.15) is 0 Å². The van der Waals surface area contributed by atoms with Gasteiger partial charge in [0.25, 0.3) is 0 Å². The highest BCUT2D eigenvalue weighted by molar-refractivity contribution is 5.14. The van der Waals surface area contributed by atoms with Gasteiger partial charge in [0.2, 0.25) is 0 Å². The van der Waals surface area contributed by atoms with Crippen molar-refractivity contribution < 1.29 is 9.47 Å². The van der Waals surface area contributed by atoms with Gasteiger partial charge in [0.05, 0.1) is 25.9 Å². The summed E-state index contributed by atoms with van der Waals surface area (Å²) in [5, 5.41) is 0. The monoisotopic (exact) mass is 689 g/mol. The van der Waals surface area contributed by atoms with Crippen molar-refractivity contribution in [1.29, 1.82) is 0 Å². The Morgan fingerprint density at radius 3 is 1.32 bits per heavy atom. The van der Waals surface area contributed by atoms with Crippen LogP contribution >= 0.6 is 0 Å². The summed E-state index contributed by atoms with van der Waals surface area (Å²) in [5.41, 5.74) is 2.49. The van der Waals surface area contributed by atoms with Crippen LogP contribution in [0.4, 0.5) is 0 Å². The zero-order valence-electron chi connectivity index (χ0n) is 33.1. The molecular formula is C48H80O2. The van der Waals surface area contributed by atoms with Gasteiger partial charge < -0.3 is 9.47 Å². The predicted molar refractivity (Wildman–Crippen MR) is 220 cm³/mol. The van der Waals surface area contributed by atoms with Crippen LogP contribution in [0.2, 0.25) is 0 Å². The molecule has 2 nitrogen and oxygen atoms in total. The average molecular weight is 689 g/mol. The topological polar surface area (TPSA) is 18.5 Å². The largest absolute Gasteiger partial charge is 0.376 e. The number of allylic oxidation sites excluding steroid dienone is 1. The van der Waals surface area contributed by atoms with E-state index < -0.39 is 0 Å². The summed E-state index contributed by atoms with van der Waals surface area (Å²) in [6.45, 7) is 6.67. The van der Waals surface area contributed by atoms with Gasteiger partial charge in [-0.3, -0.25) is 0 Å². The summed E-state index contributed by atoms with van der Waals surface area (Å²) in [6, 6.07) is 21.3. The summed E-state index contributed by atoms with van der Waals surface area (Å²) in [6.07, 6.45) is 42.1. The zero-order valence-corrected chi connectivity index (χ0v) is 33.1. The highest BCUT2D eigenvalue weighted by Gasteiger charge is 2.20. The van der Waals surface area contributed by atoms with E-state index in [0.29, 0.717) is 19.1 Å². The molecule has 0 unspecified atom stereocenters. The number of unbranched alkanes of at least 4 members (excludes halogenated alkanes) is 24. The first-order chi connectivity index (χ1) is 24.8. The van der Waals surface area contributed by atoms with Crippen molar-refractivity contribution >= 4 is 0 Å². The Bertz CT molecular complexity index is 970. The minimum absolute atomic E-state index is 0.0842. The molecule has 0 aliphatic carbocycles. The summed E-state index contributed by atoms with van der Waals surface area (Å²) >= 11 is 0. The molecule has 0 fully saturated rings. The van der Waals surface area contributed by atoms with E-state index in [4.69, 9.17) is 9.47 Å². The molecule has 2 aromatic carbocycles. The van der Waals surface area contributed by atoms with Crippen LogP contribution < -0.4 is 0 Å². The summed E-state index contributed by atoms with van der Waals surface area (Å²) in [7, 11) is 0. The summed E-state index contributed by atoms with van der Waals surface area (Å²) < 4.78 is 13.1. The fourth-order valence-electron chi connectivity index (χ4n) is 7.12. The van der Waals surface area contributed by atoms with Crippen LogP contribution in [-0.2, 0) is 22.7 Å². The lowest BCUT2D eigenvalue weighted by molar-refractivity contribution is -0.0138.